The van der Waals surface area contributed by atoms with Gasteiger partial charge in [-0.05, 0) is 30.5 Å². The lowest BCUT2D eigenvalue weighted by atomic mass is 9.90. The SMILES string of the molecule is CCn1c(C(C)(C)C)ccc(C(N)c2cccs2)c1=O. The van der Waals surface area contributed by atoms with Gasteiger partial charge in [-0.15, -0.1) is 11.3 Å². The van der Waals surface area contributed by atoms with Crippen LogP contribution in [-0.4, -0.2) is 4.57 Å². The molecule has 0 radical (unpaired) electrons. The molecule has 108 valence electrons. The van der Waals surface area contributed by atoms with Crippen LogP contribution in [0.5, 0.6) is 0 Å². The molecule has 3 nitrogen and oxygen atoms in total. The molecule has 20 heavy (non-hydrogen) atoms. The summed E-state index contributed by atoms with van der Waals surface area (Å²) in [6.07, 6.45) is 0. The first-order valence-corrected chi connectivity index (χ1v) is 7.77. The number of thiophene rings is 1. The second kappa shape index (κ2) is 5.54. The van der Waals surface area contributed by atoms with Gasteiger partial charge < -0.3 is 10.3 Å². The molecule has 0 aliphatic heterocycles. The standard InChI is InChI=1S/C16H22N2OS/c1-5-18-13(16(2,3)4)9-8-11(15(18)19)14(17)12-7-6-10-20-12/h6-10,14H,5,17H2,1-4H3. The number of aromatic nitrogens is 1. The fourth-order valence-corrected chi connectivity index (χ4v) is 3.17. The fourth-order valence-electron chi connectivity index (χ4n) is 2.42. The molecule has 0 fully saturated rings. The first kappa shape index (κ1) is 15.0. The maximum Gasteiger partial charge on any atom is 0.255 e. The Balaban J connectivity index is 2.56. The monoisotopic (exact) mass is 290 g/mol. The van der Waals surface area contributed by atoms with Crippen molar-refractivity contribution in [3.63, 3.8) is 0 Å². The van der Waals surface area contributed by atoms with Crippen molar-refractivity contribution in [2.75, 3.05) is 0 Å². The summed E-state index contributed by atoms with van der Waals surface area (Å²) in [5.41, 5.74) is 7.93. The first-order chi connectivity index (χ1) is 9.36. The molecule has 0 spiro atoms. The van der Waals surface area contributed by atoms with Crippen molar-refractivity contribution < 1.29 is 0 Å². The van der Waals surface area contributed by atoms with Gasteiger partial charge >= 0.3 is 0 Å². The lowest BCUT2D eigenvalue weighted by Gasteiger charge is -2.25. The van der Waals surface area contributed by atoms with Crippen LogP contribution < -0.4 is 11.3 Å². The molecule has 1 atom stereocenters. The zero-order valence-corrected chi connectivity index (χ0v) is 13.3. The third-order valence-corrected chi connectivity index (χ3v) is 4.43. The van der Waals surface area contributed by atoms with E-state index in [9.17, 15) is 4.79 Å². The molecule has 1 unspecified atom stereocenters. The summed E-state index contributed by atoms with van der Waals surface area (Å²) in [7, 11) is 0. The van der Waals surface area contributed by atoms with E-state index >= 15 is 0 Å². The number of rotatable bonds is 3. The van der Waals surface area contributed by atoms with Crippen molar-refractivity contribution in [1.82, 2.24) is 4.57 Å². The van der Waals surface area contributed by atoms with Crippen LogP contribution in [0.1, 0.15) is 49.9 Å². The van der Waals surface area contributed by atoms with E-state index in [1.165, 1.54) is 0 Å². The van der Waals surface area contributed by atoms with Gasteiger partial charge in [0.2, 0.25) is 0 Å². The fraction of sp³-hybridized carbons (Fsp3) is 0.438. The van der Waals surface area contributed by atoms with Crippen LogP contribution >= 0.6 is 11.3 Å². The minimum absolute atomic E-state index is 0.0285. The zero-order chi connectivity index (χ0) is 14.9. The summed E-state index contributed by atoms with van der Waals surface area (Å²) < 4.78 is 1.84. The predicted molar refractivity (Wildman–Crippen MR) is 85.4 cm³/mol. The smallest absolute Gasteiger partial charge is 0.255 e. The van der Waals surface area contributed by atoms with Crippen molar-refractivity contribution in [1.29, 1.82) is 0 Å². The quantitative estimate of drug-likeness (QED) is 0.943. The van der Waals surface area contributed by atoms with Gasteiger partial charge in [0.15, 0.2) is 0 Å². The van der Waals surface area contributed by atoms with Gasteiger partial charge in [0.1, 0.15) is 0 Å². The van der Waals surface area contributed by atoms with Crippen molar-refractivity contribution in [2.45, 2.75) is 45.7 Å². The number of hydrogen-bond donors (Lipinski definition) is 1. The van der Waals surface area contributed by atoms with Gasteiger partial charge in [0.05, 0.1) is 6.04 Å². The summed E-state index contributed by atoms with van der Waals surface area (Å²) in [4.78, 5) is 13.7. The Morgan fingerprint density at radius 3 is 2.50 bits per heavy atom. The van der Waals surface area contributed by atoms with Crippen molar-refractivity contribution >= 4 is 11.3 Å². The van der Waals surface area contributed by atoms with E-state index < -0.39 is 0 Å². The largest absolute Gasteiger partial charge is 0.319 e. The number of pyridine rings is 1. The molecule has 0 saturated heterocycles. The molecule has 0 aliphatic rings. The van der Waals surface area contributed by atoms with E-state index in [0.29, 0.717) is 12.1 Å². The molecule has 2 N–H and O–H groups in total. The molecular weight excluding hydrogens is 268 g/mol. The van der Waals surface area contributed by atoms with Crippen molar-refractivity contribution in [3.05, 3.63) is 56.1 Å². The lowest BCUT2D eigenvalue weighted by Crippen LogP contribution is -2.33. The third kappa shape index (κ3) is 2.72. The van der Waals surface area contributed by atoms with E-state index in [-0.39, 0.29) is 17.0 Å². The second-order valence-corrected chi connectivity index (χ2v) is 6.95. The van der Waals surface area contributed by atoms with E-state index in [2.05, 4.69) is 20.8 Å². The average Bonchev–Trinajstić information content (AvgIpc) is 2.90. The van der Waals surface area contributed by atoms with Gasteiger partial charge in [-0.3, -0.25) is 4.79 Å². The van der Waals surface area contributed by atoms with Crippen molar-refractivity contribution in [2.24, 2.45) is 5.73 Å². The Morgan fingerprint density at radius 2 is 2.00 bits per heavy atom. The summed E-state index contributed by atoms with van der Waals surface area (Å²) >= 11 is 1.58. The third-order valence-electron chi connectivity index (χ3n) is 3.47. The topological polar surface area (TPSA) is 48.0 Å². The number of nitrogens with zero attached hydrogens (tertiary/aromatic N) is 1. The molecule has 0 aromatic carbocycles. The molecule has 0 aliphatic carbocycles. The van der Waals surface area contributed by atoms with Crippen molar-refractivity contribution in [3.8, 4) is 0 Å². The first-order valence-electron chi connectivity index (χ1n) is 6.89. The Labute approximate surface area is 124 Å². The van der Waals surface area contributed by atoms with Crippen LogP contribution in [0.3, 0.4) is 0 Å². The summed E-state index contributed by atoms with van der Waals surface area (Å²) in [5.74, 6) is 0. The molecule has 0 bridgehead atoms. The van der Waals surface area contributed by atoms with Crippen LogP contribution in [0.25, 0.3) is 0 Å². The molecule has 0 saturated carbocycles. The average molecular weight is 290 g/mol. The number of nitrogens with two attached hydrogens (primary N) is 1. The van der Waals surface area contributed by atoms with Gasteiger partial charge in [-0.2, -0.15) is 0 Å². The Kier molecular flexibility index (Phi) is 4.16. The maximum absolute atomic E-state index is 12.7. The maximum atomic E-state index is 12.7. The van der Waals surface area contributed by atoms with Crippen LogP contribution in [-0.2, 0) is 12.0 Å². The van der Waals surface area contributed by atoms with E-state index in [1.54, 1.807) is 11.3 Å². The van der Waals surface area contributed by atoms with Crippen LogP contribution in [0, 0.1) is 0 Å². The highest BCUT2D eigenvalue weighted by Gasteiger charge is 2.22. The van der Waals surface area contributed by atoms with E-state index in [4.69, 9.17) is 5.73 Å². The molecule has 4 heteroatoms. The highest BCUT2D eigenvalue weighted by atomic mass is 32.1. The Bertz CT molecular complexity index is 635. The van der Waals surface area contributed by atoms with Crippen LogP contribution in [0.4, 0.5) is 0 Å². The Morgan fingerprint density at radius 1 is 1.30 bits per heavy atom. The van der Waals surface area contributed by atoms with Gasteiger partial charge in [0.25, 0.3) is 5.56 Å². The van der Waals surface area contributed by atoms with E-state index in [0.717, 1.165) is 10.6 Å². The summed E-state index contributed by atoms with van der Waals surface area (Å²) in [6.45, 7) is 9.01. The van der Waals surface area contributed by atoms with Crippen LogP contribution in [0.15, 0.2) is 34.4 Å². The Hall–Kier alpha value is -1.39. The summed E-state index contributed by atoms with van der Waals surface area (Å²) in [5, 5.41) is 1.98. The molecule has 2 aromatic rings. The predicted octanol–water partition coefficient (Wildman–Crippen LogP) is 3.28. The minimum Gasteiger partial charge on any atom is -0.319 e. The van der Waals surface area contributed by atoms with Gasteiger partial charge in [-0.25, -0.2) is 0 Å². The van der Waals surface area contributed by atoms with Crippen LogP contribution in [0.2, 0.25) is 0 Å². The lowest BCUT2D eigenvalue weighted by molar-refractivity contribution is 0.507. The summed E-state index contributed by atoms with van der Waals surface area (Å²) in [6, 6.07) is 7.52. The molecule has 0 amide bonds. The molecular formula is C16H22N2OS. The normalized spacial score (nSPS) is 13.4. The molecule has 2 heterocycles. The molecule has 2 rings (SSSR count). The van der Waals surface area contributed by atoms with Gasteiger partial charge in [-0.1, -0.05) is 26.8 Å². The zero-order valence-electron chi connectivity index (χ0n) is 12.5. The highest BCUT2D eigenvalue weighted by Crippen LogP contribution is 2.25. The number of hydrogen-bond acceptors (Lipinski definition) is 3. The van der Waals surface area contributed by atoms with Gasteiger partial charge in [0, 0.05) is 28.1 Å². The molecule has 2 aromatic heterocycles. The minimum atomic E-state index is -0.339. The highest BCUT2D eigenvalue weighted by molar-refractivity contribution is 7.10. The second-order valence-electron chi connectivity index (χ2n) is 5.97. The van der Waals surface area contributed by atoms with E-state index in [1.807, 2.05) is 41.1 Å².